The zero-order chi connectivity index (χ0) is 64.3. The van der Waals surface area contributed by atoms with Crippen LogP contribution < -0.4 is 0 Å². The van der Waals surface area contributed by atoms with E-state index in [0.29, 0.717) is 5.56 Å². The van der Waals surface area contributed by atoms with Crippen molar-refractivity contribution >= 4 is 131 Å². The summed E-state index contributed by atoms with van der Waals surface area (Å²) in [5, 5.41) is 26.9. The summed E-state index contributed by atoms with van der Waals surface area (Å²) < 4.78 is 14.7. The molecule has 0 N–H and O–H groups in total. The first-order valence-electron chi connectivity index (χ1n) is 33.5. The lowest BCUT2D eigenvalue weighted by Crippen LogP contribution is -2.13. The lowest BCUT2D eigenvalue weighted by atomic mass is 9.88. The van der Waals surface area contributed by atoms with Gasteiger partial charge in [0, 0.05) is 92.8 Å². The van der Waals surface area contributed by atoms with Crippen LogP contribution in [0.25, 0.3) is 187 Å². The maximum absolute atomic E-state index is 13.3. The van der Waals surface area contributed by atoms with Crippen LogP contribution in [0, 0.1) is 11.3 Å². The molecule has 0 saturated carbocycles. The van der Waals surface area contributed by atoms with Gasteiger partial charge in [-0.3, -0.25) is 0 Å². The highest BCUT2D eigenvalue weighted by atomic mass is 15.1. The Labute approximate surface area is 561 Å². The van der Waals surface area contributed by atoms with Crippen LogP contribution in [0.15, 0.2) is 334 Å². The van der Waals surface area contributed by atoms with E-state index in [0.717, 1.165) is 176 Å². The number of nitrogens with zero attached hydrogens (tertiary/aromatic N) is 7. The fourth-order valence-corrected chi connectivity index (χ4v) is 17.1. The number of hydrogen-bond acceptors (Lipinski definition) is 1. The van der Waals surface area contributed by atoms with Crippen LogP contribution >= 0.6 is 0 Å². The van der Waals surface area contributed by atoms with E-state index in [2.05, 4.69) is 367 Å². The van der Waals surface area contributed by atoms with E-state index in [-0.39, 0.29) is 0 Å². The van der Waals surface area contributed by atoms with E-state index in [1.165, 1.54) is 10.8 Å². The van der Waals surface area contributed by atoms with Crippen LogP contribution in [-0.4, -0.2) is 27.4 Å². The standard InChI is InChI=1S/C91H55N7/c92-56-68-89(96-72-47-25-19-41-65(72)86-78(96)53-50-75-83(86)62-38-16-22-44-69(62)93(75)59-32-10-3-11-33-59)81(57-28-6-1-7-29-57)91(98-74-49-27-21-43-67(74)88-80(98)55-52-77-85(88)64-40-18-24-46-71(64)95(77)61-36-14-5-15-37-61)82(58-30-8-2-9-31-58)90(68)97-73-48-26-20-42-66(73)87-79(97)54-51-76-84(87)63-39-17-23-45-70(63)94(76)60-34-12-4-13-35-60/h1-55H. The predicted molar refractivity (Wildman–Crippen MR) is 408 cm³/mol. The van der Waals surface area contributed by atoms with E-state index >= 15 is 0 Å². The third-order valence-electron chi connectivity index (χ3n) is 20.8. The van der Waals surface area contributed by atoms with Crippen LogP contribution in [0.3, 0.4) is 0 Å². The van der Waals surface area contributed by atoms with Crippen LogP contribution in [0.1, 0.15) is 5.56 Å². The monoisotopic (exact) mass is 1250 g/mol. The fourth-order valence-electron chi connectivity index (χ4n) is 17.1. The lowest BCUT2D eigenvalue weighted by molar-refractivity contribution is 1.09. The predicted octanol–water partition coefficient (Wildman–Crippen LogP) is 23.5. The highest BCUT2D eigenvalue weighted by Gasteiger charge is 2.35. The lowest BCUT2D eigenvalue weighted by Gasteiger charge is -2.28. The molecule has 0 aliphatic rings. The van der Waals surface area contributed by atoms with E-state index in [9.17, 15) is 5.26 Å². The van der Waals surface area contributed by atoms with Crippen LogP contribution in [0.4, 0.5) is 0 Å². The Morgan fingerprint density at radius 1 is 0.184 bits per heavy atom. The van der Waals surface area contributed by atoms with Crippen molar-refractivity contribution in [2.24, 2.45) is 0 Å². The number of benzene rings is 15. The highest BCUT2D eigenvalue weighted by Crippen LogP contribution is 2.55. The minimum Gasteiger partial charge on any atom is -0.309 e. The van der Waals surface area contributed by atoms with Crippen LogP contribution in [0.5, 0.6) is 0 Å². The summed E-state index contributed by atoms with van der Waals surface area (Å²) in [7, 11) is 0. The Hall–Kier alpha value is -13.4. The van der Waals surface area contributed by atoms with Crippen molar-refractivity contribution in [3.05, 3.63) is 339 Å². The summed E-state index contributed by atoms with van der Waals surface area (Å²) in [5.41, 5.74) is 22.8. The molecule has 7 nitrogen and oxygen atoms in total. The largest absolute Gasteiger partial charge is 0.309 e. The molecule has 15 aromatic carbocycles. The molecule has 6 heterocycles. The second kappa shape index (κ2) is 20.8. The molecule has 0 atom stereocenters. The summed E-state index contributed by atoms with van der Waals surface area (Å²) in [4.78, 5) is 0. The van der Waals surface area contributed by atoms with Crippen LogP contribution in [-0.2, 0) is 0 Å². The molecule has 454 valence electrons. The third-order valence-corrected chi connectivity index (χ3v) is 20.8. The van der Waals surface area contributed by atoms with Gasteiger partial charge >= 0.3 is 0 Å². The van der Waals surface area contributed by atoms with Crippen molar-refractivity contribution in [3.63, 3.8) is 0 Å². The van der Waals surface area contributed by atoms with Crippen molar-refractivity contribution < 1.29 is 0 Å². The average molecular weight is 1250 g/mol. The zero-order valence-electron chi connectivity index (χ0n) is 52.9. The normalized spacial score (nSPS) is 12.1. The molecule has 0 amide bonds. The van der Waals surface area contributed by atoms with Gasteiger partial charge in [-0.25, -0.2) is 0 Å². The Balaban J connectivity index is 1.02. The minimum absolute atomic E-state index is 0.532. The molecule has 0 aliphatic heterocycles. The number of aromatic nitrogens is 6. The van der Waals surface area contributed by atoms with Crippen molar-refractivity contribution in [1.29, 1.82) is 5.26 Å². The Morgan fingerprint density at radius 3 is 0.643 bits per heavy atom. The Morgan fingerprint density at radius 2 is 0.388 bits per heavy atom. The first-order valence-corrected chi connectivity index (χ1v) is 33.5. The van der Waals surface area contributed by atoms with Crippen molar-refractivity contribution in [1.82, 2.24) is 27.4 Å². The topological polar surface area (TPSA) is 53.4 Å². The number of fused-ring (bicyclic) bond motifs is 21. The van der Waals surface area contributed by atoms with Crippen molar-refractivity contribution in [2.75, 3.05) is 0 Å². The SMILES string of the molecule is N#Cc1c(-n2c3ccccc3c3c4c5ccccc5n(-c5ccccc5)c4ccc32)c(-c2ccccc2)c(-n2c3ccccc3c3c4c5ccccc5n(-c5ccccc5)c4ccc32)c(-c2ccccc2)c1-n1c2ccccc2c2c3c4ccccc4n(-c4ccccc4)c3ccc21. The minimum atomic E-state index is 0.532. The third kappa shape index (κ3) is 7.35. The van der Waals surface area contributed by atoms with Crippen LogP contribution in [0.2, 0.25) is 0 Å². The molecule has 6 aromatic heterocycles. The summed E-state index contributed by atoms with van der Waals surface area (Å²) in [5.74, 6) is 0. The molecule has 7 heteroatoms. The van der Waals surface area contributed by atoms with Gasteiger partial charge in [0.15, 0.2) is 0 Å². The molecule has 0 aliphatic carbocycles. The Kier molecular flexibility index (Phi) is 11.5. The van der Waals surface area contributed by atoms with E-state index < -0.39 is 0 Å². The molecule has 0 unspecified atom stereocenters. The summed E-state index contributed by atoms with van der Waals surface area (Å²) >= 11 is 0. The van der Waals surface area contributed by atoms with Gasteiger partial charge in [-0.05, 0) is 120 Å². The number of para-hydroxylation sites is 9. The van der Waals surface area contributed by atoms with Crippen molar-refractivity contribution in [3.8, 4) is 62.4 Å². The summed E-state index contributed by atoms with van der Waals surface area (Å²) in [6.07, 6.45) is 0. The highest BCUT2D eigenvalue weighted by molar-refractivity contribution is 6.33. The smallest absolute Gasteiger partial charge is 0.104 e. The molecule has 98 heavy (non-hydrogen) atoms. The van der Waals surface area contributed by atoms with Gasteiger partial charge in [-0.2, -0.15) is 5.26 Å². The van der Waals surface area contributed by atoms with Gasteiger partial charge in [0.2, 0.25) is 0 Å². The molecule has 0 saturated heterocycles. The van der Waals surface area contributed by atoms with Crippen molar-refractivity contribution in [2.45, 2.75) is 0 Å². The fraction of sp³-hybridized carbons (Fsp3) is 0. The van der Waals surface area contributed by atoms with Gasteiger partial charge in [-0.15, -0.1) is 0 Å². The number of rotatable bonds is 8. The number of hydrogen-bond donors (Lipinski definition) is 0. The molecule has 0 bridgehead atoms. The molecule has 21 aromatic rings. The zero-order valence-corrected chi connectivity index (χ0v) is 52.9. The number of nitriles is 1. The Bertz CT molecular complexity index is 6660. The second-order valence-corrected chi connectivity index (χ2v) is 25.7. The van der Waals surface area contributed by atoms with Gasteiger partial charge in [0.1, 0.15) is 11.6 Å². The van der Waals surface area contributed by atoms with E-state index in [4.69, 9.17) is 0 Å². The van der Waals surface area contributed by atoms with Gasteiger partial charge in [0.25, 0.3) is 0 Å². The molecule has 0 radical (unpaired) electrons. The molecular weight excluding hydrogens is 1190 g/mol. The first-order chi connectivity index (χ1) is 48.7. The quantitative estimate of drug-likeness (QED) is 0.150. The van der Waals surface area contributed by atoms with E-state index in [1.54, 1.807) is 0 Å². The first kappa shape index (κ1) is 54.0. The summed E-state index contributed by atoms with van der Waals surface area (Å²) in [6, 6.07) is 124. The molecular formula is C91H55N7. The van der Waals surface area contributed by atoms with Gasteiger partial charge in [0.05, 0.1) is 83.3 Å². The van der Waals surface area contributed by atoms with E-state index in [1.807, 2.05) is 0 Å². The van der Waals surface area contributed by atoms with Gasteiger partial charge in [-0.1, -0.05) is 224 Å². The molecule has 0 fully saturated rings. The second-order valence-electron chi connectivity index (χ2n) is 25.7. The molecule has 0 spiro atoms. The maximum atomic E-state index is 13.3. The molecule has 21 rings (SSSR count). The summed E-state index contributed by atoms with van der Waals surface area (Å²) in [6.45, 7) is 0. The maximum Gasteiger partial charge on any atom is 0.104 e. The van der Waals surface area contributed by atoms with Gasteiger partial charge < -0.3 is 27.4 Å². The average Bonchev–Trinajstić information content (AvgIpc) is 1.47.